The molecular weight excluding hydrogens is 250 g/mol. The SMILES string of the molecule is CCNc1cc(C(=O)NCC(C)CC)c(Cl)cn1. The fourth-order valence-electron chi connectivity index (χ4n) is 1.40. The molecule has 0 saturated heterocycles. The quantitative estimate of drug-likeness (QED) is 0.835. The molecule has 5 heteroatoms. The van der Waals surface area contributed by atoms with E-state index < -0.39 is 0 Å². The van der Waals surface area contributed by atoms with Gasteiger partial charge in [-0.2, -0.15) is 0 Å². The number of aromatic nitrogens is 1. The monoisotopic (exact) mass is 269 g/mol. The Morgan fingerprint density at radius 2 is 2.22 bits per heavy atom. The number of nitrogens with zero attached hydrogens (tertiary/aromatic N) is 1. The summed E-state index contributed by atoms with van der Waals surface area (Å²) in [6.07, 6.45) is 2.53. The van der Waals surface area contributed by atoms with Gasteiger partial charge in [-0.15, -0.1) is 0 Å². The van der Waals surface area contributed by atoms with Crippen LogP contribution in [0.25, 0.3) is 0 Å². The Balaban J connectivity index is 2.74. The molecule has 1 aromatic rings. The number of hydrogen-bond acceptors (Lipinski definition) is 3. The fourth-order valence-corrected chi connectivity index (χ4v) is 1.59. The lowest BCUT2D eigenvalue weighted by atomic mass is 10.1. The van der Waals surface area contributed by atoms with Crippen LogP contribution in [-0.4, -0.2) is 24.0 Å². The second-order valence-electron chi connectivity index (χ2n) is 4.30. The van der Waals surface area contributed by atoms with Crippen LogP contribution in [0.2, 0.25) is 5.02 Å². The molecule has 0 fully saturated rings. The molecule has 1 atom stereocenters. The van der Waals surface area contributed by atoms with Gasteiger partial charge < -0.3 is 10.6 Å². The number of amides is 1. The number of carbonyl (C=O) groups is 1. The maximum absolute atomic E-state index is 12.0. The molecule has 0 radical (unpaired) electrons. The highest BCUT2D eigenvalue weighted by atomic mass is 35.5. The first-order valence-corrected chi connectivity index (χ1v) is 6.63. The van der Waals surface area contributed by atoms with Crippen molar-refractivity contribution in [2.75, 3.05) is 18.4 Å². The molecule has 0 aliphatic heterocycles. The Bertz CT molecular complexity index is 409. The molecule has 0 aromatic carbocycles. The van der Waals surface area contributed by atoms with Gasteiger partial charge in [0.1, 0.15) is 5.82 Å². The summed E-state index contributed by atoms with van der Waals surface area (Å²) in [6.45, 7) is 7.57. The highest BCUT2D eigenvalue weighted by molar-refractivity contribution is 6.33. The number of anilines is 1. The number of carbonyl (C=O) groups excluding carboxylic acids is 1. The first kappa shape index (κ1) is 14.8. The van der Waals surface area contributed by atoms with Gasteiger partial charge in [-0.3, -0.25) is 4.79 Å². The Morgan fingerprint density at radius 1 is 1.50 bits per heavy atom. The highest BCUT2D eigenvalue weighted by Crippen LogP contribution is 2.18. The molecule has 4 nitrogen and oxygen atoms in total. The fraction of sp³-hybridized carbons (Fsp3) is 0.538. The lowest BCUT2D eigenvalue weighted by Gasteiger charge is -2.11. The third-order valence-electron chi connectivity index (χ3n) is 2.77. The van der Waals surface area contributed by atoms with Crippen LogP contribution in [0.3, 0.4) is 0 Å². The van der Waals surface area contributed by atoms with Gasteiger partial charge >= 0.3 is 0 Å². The maximum Gasteiger partial charge on any atom is 0.252 e. The summed E-state index contributed by atoms with van der Waals surface area (Å²) < 4.78 is 0. The van der Waals surface area contributed by atoms with E-state index in [0.717, 1.165) is 13.0 Å². The molecular formula is C13H20ClN3O. The molecule has 100 valence electrons. The lowest BCUT2D eigenvalue weighted by molar-refractivity contribution is 0.0948. The predicted molar refractivity (Wildman–Crippen MR) is 75.2 cm³/mol. The van der Waals surface area contributed by atoms with Gasteiger partial charge in [0.05, 0.1) is 10.6 Å². The van der Waals surface area contributed by atoms with Gasteiger partial charge in [0.2, 0.25) is 0 Å². The van der Waals surface area contributed by atoms with Crippen molar-refractivity contribution in [2.45, 2.75) is 27.2 Å². The van der Waals surface area contributed by atoms with Crippen molar-refractivity contribution in [1.29, 1.82) is 0 Å². The van der Waals surface area contributed by atoms with E-state index in [0.29, 0.717) is 28.9 Å². The minimum absolute atomic E-state index is 0.151. The average molecular weight is 270 g/mol. The summed E-state index contributed by atoms with van der Waals surface area (Å²) in [6, 6.07) is 1.68. The highest BCUT2D eigenvalue weighted by Gasteiger charge is 2.12. The molecule has 1 unspecified atom stereocenters. The van der Waals surface area contributed by atoms with Crippen molar-refractivity contribution in [3.8, 4) is 0 Å². The van der Waals surface area contributed by atoms with Gasteiger partial charge in [0, 0.05) is 19.3 Å². The summed E-state index contributed by atoms with van der Waals surface area (Å²) in [4.78, 5) is 16.1. The third kappa shape index (κ3) is 4.18. The number of rotatable bonds is 6. The lowest BCUT2D eigenvalue weighted by Crippen LogP contribution is -2.28. The Labute approximate surface area is 113 Å². The molecule has 0 bridgehead atoms. The molecule has 1 aromatic heterocycles. The molecule has 0 spiro atoms. The van der Waals surface area contributed by atoms with Crippen LogP contribution >= 0.6 is 11.6 Å². The van der Waals surface area contributed by atoms with Crippen LogP contribution in [0.1, 0.15) is 37.6 Å². The van der Waals surface area contributed by atoms with Crippen molar-refractivity contribution < 1.29 is 4.79 Å². The Kier molecular flexibility index (Phi) is 5.92. The van der Waals surface area contributed by atoms with Crippen LogP contribution in [0.15, 0.2) is 12.3 Å². The van der Waals surface area contributed by atoms with E-state index in [4.69, 9.17) is 11.6 Å². The number of hydrogen-bond donors (Lipinski definition) is 2. The van der Waals surface area contributed by atoms with E-state index in [9.17, 15) is 4.79 Å². The number of pyridine rings is 1. The molecule has 1 rings (SSSR count). The van der Waals surface area contributed by atoms with Crippen molar-refractivity contribution >= 4 is 23.3 Å². The summed E-state index contributed by atoms with van der Waals surface area (Å²) in [5.74, 6) is 0.972. The van der Waals surface area contributed by atoms with Gasteiger partial charge in [0.25, 0.3) is 5.91 Å². The van der Waals surface area contributed by atoms with Crippen LogP contribution in [-0.2, 0) is 0 Å². The molecule has 1 amide bonds. The van der Waals surface area contributed by atoms with E-state index >= 15 is 0 Å². The Morgan fingerprint density at radius 3 is 2.83 bits per heavy atom. The smallest absolute Gasteiger partial charge is 0.252 e. The minimum Gasteiger partial charge on any atom is -0.370 e. The summed E-state index contributed by atoms with van der Waals surface area (Å²) in [5.41, 5.74) is 0.464. The Hall–Kier alpha value is -1.29. The van der Waals surface area contributed by atoms with Crippen molar-refractivity contribution in [2.24, 2.45) is 5.92 Å². The van der Waals surface area contributed by atoms with Gasteiger partial charge in [0.15, 0.2) is 0 Å². The molecule has 18 heavy (non-hydrogen) atoms. The minimum atomic E-state index is -0.151. The summed E-state index contributed by atoms with van der Waals surface area (Å²) >= 11 is 5.99. The molecule has 1 heterocycles. The van der Waals surface area contributed by atoms with E-state index in [-0.39, 0.29) is 5.91 Å². The third-order valence-corrected chi connectivity index (χ3v) is 3.07. The molecule has 0 aliphatic carbocycles. The first-order chi connectivity index (χ1) is 8.58. The van der Waals surface area contributed by atoms with E-state index in [1.807, 2.05) is 6.92 Å². The van der Waals surface area contributed by atoms with Crippen molar-refractivity contribution in [3.05, 3.63) is 22.8 Å². The molecule has 2 N–H and O–H groups in total. The van der Waals surface area contributed by atoms with Gasteiger partial charge in [-0.1, -0.05) is 31.9 Å². The van der Waals surface area contributed by atoms with Crippen LogP contribution in [0.5, 0.6) is 0 Å². The summed E-state index contributed by atoms with van der Waals surface area (Å²) in [5, 5.41) is 6.31. The average Bonchev–Trinajstić information content (AvgIpc) is 2.38. The largest absolute Gasteiger partial charge is 0.370 e. The van der Waals surface area contributed by atoms with Crippen molar-refractivity contribution in [1.82, 2.24) is 10.3 Å². The first-order valence-electron chi connectivity index (χ1n) is 6.26. The van der Waals surface area contributed by atoms with Gasteiger partial charge in [-0.05, 0) is 18.9 Å². The van der Waals surface area contributed by atoms with Crippen LogP contribution in [0, 0.1) is 5.92 Å². The summed E-state index contributed by atoms with van der Waals surface area (Å²) in [7, 11) is 0. The normalized spacial score (nSPS) is 12.0. The van der Waals surface area contributed by atoms with E-state index in [1.54, 1.807) is 6.07 Å². The van der Waals surface area contributed by atoms with Crippen LogP contribution in [0.4, 0.5) is 5.82 Å². The zero-order valence-electron chi connectivity index (χ0n) is 11.1. The molecule has 0 aliphatic rings. The zero-order chi connectivity index (χ0) is 13.5. The second-order valence-corrected chi connectivity index (χ2v) is 4.71. The topological polar surface area (TPSA) is 54.0 Å². The van der Waals surface area contributed by atoms with E-state index in [1.165, 1.54) is 6.20 Å². The second kappa shape index (κ2) is 7.21. The number of nitrogens with one attached hydrogen (secondary N) is 2. The standard InChI is InChI=1S/C13H20ClN3O/c1-4-9(3)7-17-13(18)10-6-12(15-5-2)16-8-11(10)14/h6,8-9H,4-5,7H2,1-3H3,(H,15,16)(H,17,18). The van der Waals surface area contributed by atoms with Crippen molar-refractivity contribution in [3.63, 3.8) is 0 Å². The molecule has 0 saturated carbocycles. The van der Waals surface area contributed by atoms with Crippen LogP contribution < -0.4 is 10.6 Å². The number of halogens is 1. The van der Waals surface area contributed by atoms with Gasteiger partial charge in [-0.25, -0.2) is 4.98 Å². The zero-order valence-corrected chi connectivity index (χ0v) is 11.8. The van der Waals surface area contributed by atoms with E-state index in [2.05, 4.69) is 29.5 Å². The predicted octanol–water partition coefficient (Wildman–Crippen LogP) is 2.94. The maximum atomic E-state index is 12.0.